The number of likely N-dealkylation sites (N-methyl/N-ethyl adjacent to an activating group) is 1. The number of carbonyl (C=O) groups excluding carboxylic acids is 1. The number of halogens is 1. The molecule has 2 aromatic carbocycles. The molecule has 5 nitrogen and oxygen atoms in total. The second-order valence-electron chi connectivity index (χ2n) is 10.7. The zero-order valence-electron chi connectivity index (χ0n) is 22.1. The lowest BCUT2D eigenvalue weighted by Crippen LogP contribution is -2.49. The fraction of sp³-hybridized carbons (Fsp3) is 0.567. The molecule has 0 saturated carbocycles. The molecule has 2 aromatic rings. The van der Waals surface area contributed by atoms with Crippen molar-refractivity contribution in [2.75, 3.05) is 40.4 Å². The minimum Gasteiger partial charge on any atom is -0.385 e. The van der Waals surface area contributed by atoms with Crippen molar-refractivity contribution < 1.29 is 9.53 Å². The third-order valence-corrected chi connectivity index (χ3v) is 8.41. The Hall–Kier alpha value is -2.08. The molecule has 2 saturated heterocycles. The monoisotopic (exact) mass is 511 g/mol. The van der Waals surface area contributed by atoms with Crippen molar-refractivity contribution in [2.24, 2.45) is 5.92 Å². The first-order chi connectivity index (χ1) is 17.5. The summed E-state index contributed by atoms with van der Waals surface area (Å²) in [5.41, 5.74) is 3.85. The largest absolute Gasteiger partial charge is 0.385 e. The number of nitrogens with zero attached hydrogens (tertiary/aromatic N) is 2. The Morgan fingerprint density at radius 1 is 1.14 bits per heavy atom. The zero-order valence-corrected chi connectivity index (χ0v) is 22.8. The van der Waals surface area contributed by atoms with Gasteiger partial charge < -0.3 is 19.9 Å². The van der Waals surface area contributed by atoms with Gasteiger partial charge in [0.2, 0.25) is 0 Å². The van der Waals surface area contributed by atoms with Crippen LogP contribution in [0, 0.1) is 5.92 Å². The molecule has 196 valence electrons. The third-order valence-electron chi connectivity index (χ3n) is 8.16. The summed E-state index contributed by atoms with van der Waals surface area (Å²) >= 11 is 6.19. The Kier molecular flexibility index (Phi) is 9.69. The molecular weight excluding hydrogens is 470 g/mol. The number of likely N-dealkylation sites (tertiary alicyclic amines) is 2. The van der Waals surface area contributed by atoms with E-state index in [2.05, 4.69) is 65.5 Å². The highest BCUT2D eigenvalue weighted by molar-refractivity contribution is 6.30. The number of hydrogen-bond donors (Lipinski definition) is 1. The van der Waals surface area contributed by atoms with E-state index < -0.39 is 0 Å². The quantitative estimate of drug-likeness (QED) is 0.395. The van der Waals surface area contributed by atoms with Crippen LogP contribution in [-0.4, -0.2) is 68.3 Å². The summed E-state index contributed by atoms with van der Waals surface area (Å²) < 4.78 is 5.33. The van der Waals surface area contributed by atoms with E-state index in [4.69, 9.17) is 16.3 Å². The number of unbranched alkanes of at least 4 members (excludes halogenated alkanes) is 1. The van der Waals surface area contributed by atoms with Crippen LogP contribution in [0.4, 0.5) is 4.79 Å². The summed E-state index contributed by atoms with van der Waals surface area (Å²) in [5.74, 6) is 0.827. The fourth-order valence-corrected chi connectivity index (χ4v) is 6.18. The van der Waals surface area contributed by atoms with Gasteiger partial charge in [0.1, 0.15) is 0 Å². The van der Waals surface area contributed by atoms with E-state index in [0.717, 1.165) is 69.8 Å². The minimum absolute atomic E-state index is 0.108. The molecule has 2 fully saturated rings. The number of benzene rings is 2. The van der Waals surface area contributed by atoms with E-state index in [9.17, 15) is 4.79 Å². The lowest BCUT2D eigenvalue weighted by molar-refractivity contribution is 0.149. The molecule has 0 aliphatic carbocycles. The third kappa shape index (κ3) is 6.81. The Bertz CT molecular complexity index is 972. The first kappa shape index (κ1) is 27.0. The van der Waals surface area contributed by atoms with Crippen LogP contribution in [0.15, 0.2) is 48.5 Å². The molecule has 0 spiro atoms. The lowest BCUT2D eigenvalue weighted by atomic mass is 9.76. The van der Waals surface area contributed by atoms with Crippen LogP contribution in [0.25, 0.3) is 11.1 Å². The predicted octanol–water partition coefficient (Wildman–Crippen LogP) is 6.42. The summed E-state index contributed by atoms with van der Waals surface area (Å²) in [7, 11) is 3.91. The van der Waals surface area contributed by atoms with E-state index in [1.165, 1.54) is 16.7 Å². The van der Waals surface area contributed by atoms with Gasteiger partial charge in [0, 0.05) is 50.5 Å². The van der Waals surface area contributed by atoms with E-state index >= 15 is 0 Å². The van der Waals surface area contributed by atoms with Crippen molar-refractivity contribution in [1.82, 2.24) is 15.1 Å². The van der Waals surface area contributed by atoms with Gasteiger partial charge >= 0.3 is 6.03 Å². The van der Waals surface area contributed by atoms with Gasteiger partial charge in [0.25, 0.3) is 0 Å². The maximum absolute atomic E-state index is 13.3. The summed E-state index contributed by atoms with van der Waals surface area (Å²) in [6.07, 6.45) is 6.49. The zero-order chi connectivity index (χ0) is 25.5. The first-order valence-electron chi connectivity index (χ1n) is 13.6. The van der Waals surface area contributed by atoms with Gasteiger partial charge in [-0.1, -0.05) is 54.4 Å². The van der Waals surface area contributed by atoms with Crippen LogP contribution >= 0.6 is 11.6 Å². The predicted molar refractivity (Wildman–Crippen MR) is 149 cm³/mol. The molecule has 2 aliphatic heterocycles. The second kappa shape index (κ2) is 12.9. The number of amides is 2. The van der Waals surface area contributed by atoms with Crippen molar-refractivity contribution in [3.8, 4) is 11.1 Å². The summed E-state index contributed by atoms with van der Waals surface area (Å²) in [6, 6.07) is 17.8. The van der Waals surface area contributed by atoms with Crippen molar-refractivity contribution in [3.63, 3.8) is 0 Å². The standard InChI is InChI=1S/C30H42ClN3O2/c1-22-19-26(21-33(22)2)32-30(35)34-17-8-9-24(20-34)28(11-6-7-18-36-3)29-12-5-4-10-27(29)23-13-15-25(31)16-14-23/h4-5,10,12-16,22,24,26,28H,6-9,11,17-21H2,1-3H3,(H,32,35)/t22?,24-,26+,28-/m1/s1. The Labute approximate surface area is 222 Å². The number of rotatable bonds is 9. The molecule has 4 rings (SSSR count). The average Bonchev–Trinajstić information content (AvgIpc) is 3.21. The van der Waals surface area contributed by atoms with Gasteiger partial charge in [0.05, 0.1) is 0 Å². The van der Waals surface area contributed by atoms with E-state index in [-0.39, 0.29) is 12.1 Å². The minimum atomic E-state index is 0.108. The second-order valence-corrected chi connectivity index (χ2v) is 11.1. The molecule has 2 amide bonds. The van der Waals surface area contributed by atoms with Gasteiger partial charge in [-0.25, -0.2) is 4.79 Å². The maximum Gasteiger partial charge on any atom is 0.317 e. The number of methoxy groups -OCH3 is 1. The Morgan fingerprint density at radius 3 is 2.64 bits per heavy atom. The molecular formula is C30H42ClN3O2. The van der Waals surface area contributed by atoms with Crippen LogP contribution in [0.2, 0.25) is 5.02 Å². The Balaban J connectivity index is 1.53. The van der Waals surface area contributed by atoms with Crippen LogP contribution in [0.3, 0.4) is 0 Å². The molecule has 1 N–H and O–H groups in total. The van der Waals surface area contributed by atoms with E-state index in [1.807, 2.05) is 12.1 Å². The summed E-state index contributed by atoms with van der Waals surface area (Å²) in [5, 5.41) is 4.08. The molecule has 2 aliphatic rings. The number of nitrogens with one attached hydrogen (secondary N) is 1. The van der Waals surface area contributed by atoms with Crippen LogP contribution in [-0.2, 0) is 4.74 Å². The summed E-state index contributed by atoms with van der Waals surface area (Å²) in [4.78, 5) is 17.7. The molecule has 6 heteroatoms. The lowest BCUT2D eigenvalue weighted by Gasteiger charge is -2.38. The van der Waals surface area contributed by atoms with Crippen molar-refractivity contribution in [2.45, 2.75) is 63.5 Å². The number of piperidine rings is 1. The molecule has 2 heterocycles. The molecule has 36 heavy (non-hydrogen) atoms. The average molecular weight is 512 g/mol. The van der Waals surface area contributed by atoms with Crippen molar-refractivity contribution in [1.29, 1.82) is 0 Å². The first-order valence-corrected chi connectivity index (χ1v) is 13.9. The van der Waals surface area contributed by atoms with Gasteiger partial charge in [0.15, 0.2) is 0 Å². The van der Waals surface area contributed by atoms with Crippen LogP contribution in [0.5, 0.6) is 0 Å². The number of urea groups is 1. The topological polar surface area (TPSA) is 44.8 Å². The van der Waals surface area contributed by atoms with Crippen LogP contribution in [0.1, 0.15) is 56.9 Å². The van der Waals surface area contributed by atoms with Gasteiger partial charge in [-0.2, -0.15) is 0 Å². The highest BCUT2D eigenvalue weighted by Crippen LogP contribution is 2.40. The van der Waals surface area contributed by atoms with E-state index in [1.54, 1.807) is 7.11 Å². The number of ether oxygens (including phenoxy) is 1. The van der Waals surface area contributed by atoms with Gasteiger partial charge in [-0.15, -0.1) is 0 Å². The van der Waals surface area contributed by atoms with Gasteiger partial charge in [-0.3, -0.25) is 0 Å². The smallest absolute Gasteiger partial charge is 0.317 e. The molecule has 0 aromatic heterocycles. The SMILES string of the molecule is COCCCC[C@@H](c1ccccc1-c1ccc(Cl)cc1)[C@@H]1CCCN(C(=O)N[C@H]2CC(C)N(C)C2)C1. The number of hydrogen-bond acceptors (Lipinski definition) is 3. The summed E-state index contributed by atoms with van der Waals surface area (Å²) in [6.45, 7) is 5.61. The fourth-order valence-electron chi connectivity index (χ4n) is 6.06. The van der Waals surface area contributed by atoms with Crippen LogP contribution < -0.4 is 5.32 Å². The van der Waals surface area contributed by atoms with E-state index in [0.29, 0.717) is 17.9 Å². The number of carbonyl (C=O) groups is 1. The molecule has 4 atom stereocenters. The van der Waals surface area contributed by atoms with Crippen molar-refractivity contribution >= 4 is 17.6 Å². The highest BCUT2D eigenvalue weighted by Gasteiger charge is 2.33. The Morgan fingerprint density at radius 2 is 1.92 bits per heavy atom. The normalized spacial score (nSPS) is 23.6. The molecule has 0 radical (unpaired) electrons. The van der Waals surface area contributed by atoms with Gasteiger partial charge in [-0.05, 0) is 86.7 Å². The molecule has 1 unspecified atom stereocenters. The van der Waals surface area contributed by atoms with Crippen molar-refractivity contribution in [3.05, 3.63) is 59.1 Å². The highest BCUT2D eigenvalue weighted by atomic mass is 35.5. The maximum atomic E-state index is 13.3. The molecule has 0 bridgehead atoms.